The zero-order valence-corrected chi connectivity index (χ0v) is 13.7. The van der Waals surface area contributed by atoms with Crippen LogP contribution in [-0.2, 0) is 10.2 Å². The Balaban J connectivity index is 2.98. The molecule has 1 amide bonds. The van der Waals surface area contributed by atoms with Gasteiger partial charge in [-0.1, -0.05) is 32.4 Å². The van der Waals surface area contributed by atoms with Crippen molar-refractivity contribution in [2.24, 2.45) is 5.92 Å². The first-order chi connectivity index (χ1) is 9.52. The number of carbonyl (C=O) groups is 2. The highest BCUT2D eigenvalue weighted by Gasteiger charge is 2.23. The Bertz CT molecular complexity index is 552. The molecule has 0 aliphatic carbocycles. The van der Waals surface area contributed by atoms with Crippen LogP contribution in [0.3, 0.4) is 0 Å². The minimum Gasteiger partial charge on any atom is -0.481 e. The molecule has 0 aliphatic rings. The summed E-state index contributed by atoms with van der Waals surface area (Å²) in [4.78, 5) is 27.4. The van der Waals surface area contributed by atoms with Crippen molar-refractivity contribution in [2.75, 3.05) is 0 Å². The Labute approximate surface area is 129 Å². The molecule has 0 radical (unpaired) electrons. The zero-order chi connectivity index (χ0) is 16.4. The van der Waals surface area contributed by atoms with E-state index < -0.39 is 17.9 Å². The van der Waals surface area contributed by atoms with Gasteiger partial charge in [0.05, 0.1) is 5.92 Å². The van der Waals surface area contributed by atoms with Crippen molar-refractivity contribution in [3.8, 4) is 0 Å². The normalized spacial score (nSPS) is 14.4. The smallest absolute Gasteiger partial charge is 0.308 e. The summed E-state index contributed by atoms with van der Waals surface area (Å²) in [5.41, 5.74) is 0.850. The first kappa shape index (κ1) is 17.4. The predicted molar refractivity (Wildman–Crippen MR) is 81.7 cm³/mol. The summed E-state index contributed by atoms with van der Waals surface area (Å²) >= 11 is 5.96. The molecular weight excluding hydrogens is 292 g/mol. The lowest BCUT2D eigenvalue weighted by molar-refractivity contribution is -0.141. The predicted octanol–water partition coefficient (Wildman–Crippen LogP) is 2.87. The van der Waals surface area contributed by atoms with E-state index in [0.29, 0.717) is 11.3 Å². The molecule has 21 heavy (non-hydrogen) atoms. The van der Waals surface area contributed by atoms with E-state index in [1.54, 1.807) is 19.9 Å². The summed E-state index contributed by atoms with van der Waals surface area (Å²) in [6.45, 7) is 9.13. The second-order valence-electron chi connectivity index (χ2n) is 6.20. The van der Waals surface area contributed by atoms with Gasteiger partial charge in [0.15, 0.2) is 0 Å². The van der Waals surface area contributed by atoms with Crippen LogP contribution in [0.2, 0.25) is 5.15 Å². The average molecular weight is 313 g/mol. The molecule has 2 unspecified atom stereocenters. The fraction of sp³-hybridized carbons (Fsp3) is 0.533. The molecule has 1 aromatic rings. The Morgan fingerprint density at radius 1 is 1.29 bits per heavy atom. The number of rotatable bonds is 4. The number of nitrogens with one attached hydrogen (secondary N) is 1. The number of aliphatic carboxylic acids is 1. The standard InChI is InChI=1S/C15H21ClN2O3/c1-8(14(20)21)9(2)17-13(19)10-6-11(15(3,4)5)18-12(16)7-10/h6-9H,1-5H3,(H,17,19)(H,20,21). The van der Waals surface area contributed by atoms with Gasteiger partial charge in [0.1, 0.15) is 5.15 Å². The summed E-state index contributed by atoms with van der Waals surface area (Å²) in [6.07, 6.45) is 0. The van der Waals surface area contributed by atoms with Crippen LogP contribution in [0.15, 0.2) is 12.1 Å². The first-order valence-corrected chi connectivity index (χ1v) is 7.12. The topological polar surface area (TPSA) is 79.3 Å². The summed E-state index contributed by atoms with van der Waals surface area (Å²) < 4.78 is 0. The molecule has 5 nitrogen and oxygen atoms in total. The van der Waals surface area contributed by atoms with Gasteiger partial charge in [0.2, 0.25) is 0 Å². The number of hydrogen-bond donors (Lipinski definition) is 2. The fourth-order valence-electron chi connectivity index (χ4n) is 1.64. The summed E-state index contributed by atoms with van der Waals surface area (Å²) in [6, 6.07) is 2.67. The van der Waals surface area contributed by atoms with E-state index >= 15 is 0 Å². The van der Waals surface area contributed by atoms with Gasteiger partial charge < -0.3 is 10.4 Å². The average Bonchev–Trinajstić information content (AvgIpc) is 2.35. The van der Waals surface area contributed by atoms with Gasteiger partial charge >= 0.3 is 5.97 Å². The van der Waals surface area contributed by atoms with Crippen molar-refractivity contribution in [1.29, 1.82) is 0 Å². The minimum absolute atomic E-state index is 0.236. The van der Waals surface area contributed by atoms with E-state index in [0.717, 1.165) is 0 Å². The number of carbonyl (C=O) groups excluding carboxylic acids is 1. The first-order valence-electron chi connectivity index (χ1n) is 6.74. The number of halogens is 1. The molecular formula is C15H21ClN2O3. The highest BCUT2D eigenvalue weighted by molar-refractivity contribution is 6.29. The Morgan fingerprint density at radius 3 is 2.33 bits per heavy atom. The minimum atomic E-state index is -0.953. The van der Waals surface area contributed by atoms with E-state index in [1.165, 1.54) is 6.07 Å². The third-order valence-electron chi connectivity index (χ3n) is 3.32. The third kappa shape index (κ3) is 4.70. The molecule has 0 aliphatic heterocycles. The largest absolute Gasteiger partial charge is 0.481 e. The van der Waals surface area contributed by atoms with Crippen LogP contribution >= 0.6 is 11.6 Å². The molecule has 0 spiro atoms. The molecule has 0 fully saturated rings. The number of carboxylic acids is 1. The van der Waals surface area contributed by atoms with Crippen LogP contribution in [0.4, 0.5) is 0 Å². The lowest BCUT2D eigenvalue weighted by atomic mass is 9.90. The summed E-state index contributed by atoms with van der Waals surface area (Å²) in [5.74, 6) is -1.98. The van der Waals surface area contributed by atoms with E-state index in [1.807, 2.05) is 20.8 Å². The van der Waals surface area contributed by atoms with Gasteiger partial charge in [-0.15, -0.1) is 0 Å². The van der Waals surface area contributed by atoms with Crippen LogP contribution in [-0.4, -0.2) is 28.0 Å². The fourth-order valence-corrected chi connectivity index (χ4v) is 1.85. The Kier molecular flexibility index (Phi) is 5.34. The quantitative estimate of drug-likeness (QED) is 0.838. The molecule has 2 atom stereocenters. The van der Waals surface area contributed by atoms with Crippen LogP contribution in [0, 0.1) is 5.92 Å². The van der Waals surface area contributed by atoms with Crippen LogP contribution in [0.25, 0.3) is 0 Å². The lowest BCUT2D eigenvalue weighted by Crippen LogP contribution is -2.40. The van der Waals surface area contributed by atoms with Crippen molar-refractivity contribution in [2.45, 2.75) is 46.1 Å². The van der Waals surface area contributed by atoms with Crippen LogP contribution in [0.5, 0.6) is 0 Å². The molecule has 1 aromatic heterocycles. The molecule has 2 N–H and O–H groups in total. The second-order valence-corrected chi connectivity index (χ2v) is 6.59. The van der Waals surface area contributed by atoms with E-state index in [9.17, 15) is 9.59 Å². The number of aromatic nitrogens is 1. The number of pyridine rings is 1. The monoisotopic (exact) mass is 312 g/mol. The molecule has 0 bridgehead atoms. The van der Waals surface area contributed by atoms with Gasteiger partial charge in [0.25, 0.3) is 5.91 Å². The number of carboxylic acid groups (broad SMARTS) is 1. The number of hydrogen-bond acceptors (Lipinski definition) is 3. The van der Waals surface area contributed by atoms with Crippen molar-refractivity contribution in [3.63, 3.8) is 0 Å². The maximum Gasteiger partial charge on any atom is 0.308 e. The SMILES string of the molecule is CC(NC(=O)c1cc(Cl)nc(C(C)(C)C)c1)C(C)C(=O)O. The van der Waals surface area contributed by atoms with Crippen molar-refractivity contribution in [3.05, 3.63) is 28.5 Å². The van der Waals surface area contributed by atoms with Crippen molar-refractivity contribution >= 4 is 23.5 Å². The highest BCUT2D eigenvalue weighted by atomic mass is 35.5. The van der Waals surface area contributed by atoms with Gasteiger partial charge in [-0.05, 0) is 26.0 Å². The molecule has 0 saturated carbocycles. The molecule has 0 saturated heterocycles. The summed E-state index contributed by atoms with van der Waals surface area (Å²) in [5, 5.41) is 11.9. The van der Waals surface area contributed by atoms with Crippen LogP contribution < -0.4 is 5.32 Å². The van der Waals surface area contributed by atoms with Crippen LogP contribution in [0.1, 0.15) is 50.7 Å². The zero-order valence-electron chi connectivity index (χ0n) is 12.9. The molecule has 1 rings (SSSR count). The molecule has 1 heterocycles. The molecule has 0 aromatic carbocycles. The number of nitrogens with zero attached hydrogens (tertiary/aromatic N) is 1. The maximum absolute atomic E-state index is 12.2. The second kappa shape index (κ2) is 6.43. The van der Waals surface area contributed by atoms with Gasteiger partial charge in [-0.25, -0.2) is 4.98 Å². The van der Waals surface area contributed by atoms with Crippen molar-refractivity contribution in [1.82, 2.24) is 10.3 Å². The maximum atomic E-state index is 12.2. The van der Waals surface area contributed by atoms with E-state index in [4.69, 9.17) is 16.7 Å². The summed E-state index contributed by atoms with van der Waals surface area (Å²) in [7, 11) is 0. The molecule has 6 heteroatoms. The van der Waals surface area contributed by atoms with Gasteiger partial charge in [-0.3, -0.25) is 9.59 Å². The highest BCUT2D eigenvalue weighted by Crippen LogP contribution is 2.23. The lowest BCUT2D eigenvalue weighted by Gasteiger charge is -2.20. The molecule has 116 valence electrons. The van der Waals surface area contributed by atoms with Crippen molar-refractivity contribution < 1.29 is 14.7 Å². The Hall–Kier alpha value is -1.62. The van der Waals surface area contributed by atoms with E-state index in [2.05, 4.69) is 10.3 Å². The third-order valence-corrected chi connectivity index (χ3v) is 3.52. The van der Waals surface area contributed by atoms with Gasteiger partial charge in [-0.2, -0.15) is 0 Å². The van der Waals surface area contributed by atoms with E-state index in [-0.39, 0.29) is 16.5 Å². The number of amides is 1. The van der Waals surface area contributed by atoms with Gasteiger partial charge in [0, 0.05) is 22.7 Å². The Morgan fingerprint density at radius 2 is 1.86 bits per heavy atom.